The first-order valence-corrected chi connectivity index (χ1v) is 7.77. The number of hydrogen-bond acceptors (Lipinski definition) is 5. The Labute approximate surface area is 142 Å². The van der Waals surface area contributed by atoms with E-state index in [2.05, 4.69) is 10.5 Å². The third-order valence-corrected chi connectivity index (χ3v) is 3.75. The number of rotatable bonds is 5. The Balaban J connectivity index is 1.57. The van der Waals surface area contributed by atoms with E-state index in [0.29, 0.717) is 30.4 Å². The first kappa shape index (κ1) is 16.1. The number of nitrogens with one attached hydrogen (secondary N) is 1. The van der Waals surface area contributed by atoms with Crippen LogP contribution >= 0.6 is 23.2 Å². The molecule has 1 N–H and O–H groups in total. The summed E-state index contributed by atoms with van der Waals surface area (Å²) in [6.45, 7) is 0.976. The Morgan fingerprint density at radius 1 is 1.30 bits per heavy atom. The van der Waals surface area contributed by atoms with Gasteiger partial charge in [-0.05, 0) is 12.1 Å². The Morgan fingerprint density at radius 3 is 2.96 bits per heavy atom. The summed E-state index contributed by atoms with van der Waals surface area (Å²) < 4.78 is 15.7. The Bertz CT molecular complexity index is 717. The SMILES string of the molecule is O=C(CCc1cc(Cl)no1)NCc1cc(Cl)cc2c1OCOC2. The number of carbonyl (C=O) groups is 1. The van der Waals surface area contributed by atoms with Crippen LogP contribution in [0.4, 0.5) is 0 Å². The smallest absolute Gasteiger partial charge is 0.220 e. The van der Waals surface area contributed by atoms with Crippen molar-refractivity contribution < 1.29 is 18.8 Å². The minimum Gasteiger partial charge on any atom is -0.467 e. The molecule has 8 heteroatoms. The number of fused-ring (bicyclic) bond motifs is 1. The molecule has 0 spiro atoms. The standard InChI is InChI=1S/C15H14Cl2N2O4/c16-11-3-9(15-10(4-11)7-21-8-22-15)6-18-14(20)2-1-12-5-13(17)19-23-12/h3-5H,1-2,6-8H2,(H,18,20). The molecular formula is C15H14Cl2N2O4. The molecule has 0 radical (unpaired) electrons. The van der Waals surface area contributed by atoms with Crippen molar-refractivity contribution in [3.8, 4) is 5.75 Å². The maximum atomic E-state index is 11.9. The molecule has 0 saturated heterocycles. The quantitative estimate of drug-likeness (QED) is 0.890. The van der Waals surface area contributed by atoms with E-state index in [9.17, 15) is 4.79 Å². The highest BCUT2D eigenvalue weighted by atomic mass is 35.5. The number of aromatic nitrogens is 1. The van der Waals surface area contributed by atoms with Crippen LogP contribution in [-0.4, -0.2) is 17.9 Å². The zero-order valence-electron chi connectivity index (χ0n) is 12.1. The third-order valence-electron chi connectivity index (χ3n) is 3.36. The molecule has 3 rings (SSSR count). The van der Waals surface area contributed by atoms with Crippen LogP contribution in [0.15, 0.2) is 22.7 Å². The fourth-order valence-electron chi connectivity index (χ4n) is 2.31. The molecule has 23 heavy (non-hydrogen) atoms. The molecule has 2 aromatic rings. The van der Waals surface area contributed by atoms with Gasteiger partial charge in [-0.25, -0.2) is 0 Å². The van der Waals surface area contributed by atoms with E-state index in [4.69, 9.17) is 37.2 Å². The van der Waals surface area contributed by atoms with Gasteiger partial charge in [-0.2, -0.15) is 0 Å². The van der Waals surface area contributed by atoms with E-state index in [1.165, 1.54) is 0 Å². The van der Waals surface area contributed by atoms with Crippen LogP contribution in [0.3, 0.4) is 0 Å². The van der Waals surface area contributed by atoms with Crippen LogP contribution in [0.2, 0.25) is 10.2 Å². The third kappa shape index (κ3) is 4.16. The van der Waals surface area contributed by atoms with E-state index < -0.39 is 0 Å². The summed E-state index contributed by atoms with van der Waals surface area (Å²) in [7, 11) is 0. The van der Waals surface area contributed by atoms with Gasteiger partial charge in [-0.15, -0.1) is 0 Å². The minimum atomic E-state index is -0.113. The van der Waals surface area contributed by atoms with Crippen molar-refractivity contribution in [2.75, 3.05) is 6.79 Å². The van der Waals surface area contributed by atoms with Gasteiger partial charge in [0.1, 0.15) is 11.5 Å². The lowest BCUT2D eigenvalue weighted by molar-refractivity contribution is -0.121. The maximum Gasteiger partial charge on any atom is 0.220 e. The second-order valence-corrected chi connectivity index (χ2v) is 5.88. The van der Waals surface area contributed by atoms with E-state index in [1.807, 2.05) is 0 Å². The summed E-state index contributed by atoms with van der Waals surface area (Å²) in [4.78, 5) is 11.9. The van der Waals surface area contributed by atoms with Gasteiger partial charge in [0.15, 0.2) is 11.9 Å². The average Bonchev–Trinajstić information content (AvgIpc) is 2.96. The number of ether oxygens (including phenoxy) is 2. The minimum absolute atomic E-state index is 0.113. The lowest BCUT2D eigenvalue weighted by atomic mass is 10.1. The first-order valence-electron chi connectivity index (χ1n) is 7.01. The van der Waals surface area contributed by atoms with Crippen LogP contribution in [0.1, 0.15) is 23.3 Å². The number of benzene rings is 1. The Hall–Kier alpha value is -1.76. The van der Waals surface area contributed by atoms with E-state index in [1.54, 1.807) is 18.2 Å². The molecule has 1 aliphatic heterocycles. The van der Waals surface area contributed by atoms with Crippen molar-refractivity contribution in [2.45, 2.75) is 26.0 Å². The van der Waals surface area contributed by atoms with Gasteiger partial charge in [0.05, 0.1) is 6.61 Å². The summed E-state index contributed by atoms with van der Waals surface area (Å²) in [6, 6.07) is 5.17. The second-order valence-electron chi connectivity index (χ2n) is 5.06. The van der Waals surface area contributed by atoms with E-state index in [0.717, 1.165) is 16.9 Å². The number of hydrogen-bond donors (Lipinski definition) is 1. The van der Waals surface area contributed by atoms with Crippen molar-refractivity contribution in [3.63, 3.8) is 0 Å². The largest absolute Gasteiger partial charge is 0.467 e. The van der Waals surface area contributed by atoms with Crippen molar-refractivity contribution in [1.82, 2.24) is 10.5 Å². The Kier molecular flexibility index (Phi) is 5.05. The molecule has 0 aliphatic carbocycles. The zero-order valence-corrected chi connectivity index (χ0v) is 13.6. The van der Waals surface area contributed by atoms with Crippen molar-refractivity contribution in [2.24, 2.45) is 0 Å². The molecule has 2 heterocycles. The summed E-state index contributed by atoms with van der Waals surface area (Å²) in [5, 5.41) is 7.27. The molecule has 122 valence electrons. The molecule has 1 aromatic heterocycles. The van der Waals surface area contributed by atoms with Crippen LogP contribution in [-0.2, 0) is 29.1 Å². The summed E-state index contributed by atoms with van der Waals surface area (Å²) in [6.07, 6.45) is 0.710. The summed E-state index contributed by atoms with van der Waals surface area (Å²) in [5.41, 5.74) is 1.70. The number of nitrogens with zero attached hydrogens (tertiary/aromatic N) is 1. The molecule has 1 aliphatic rings. The van der Waals surface area contributed by atoms with Gasteiger partial charge in [-0.1, -0.05) is 28.4 Å². The normalized spacial score (nSPS) is 13.3. The molecule has 0 atom stereocenters. The predicted molar refractivity (Wildman–Crippen MR) is 83.4 cm³/mol. The molecule has 6 nitrogen and oxygen atoms in total. The molecule has 0 saturated carbocycles. The van der Waals surface area contributed by atoms with Crippen molar-refractivity contribution >= 4 is 29.1 Å². The maximum absolute atomic E-state index is 11.9. The zero-order chi connectivity index (χ0) is 16.2. The molecule has 0 unspecified atom stereocenters. The van der Waals surface area contributed by atoms with Gasteiger partial charge >= 0.3 is 0 Å². The second kappa shape index (κ2) is 7.21. The van der Waals surface area contributed by atoms with E-state index >= 15 is 0 Å². The highest BCUT2D eigenvalue weighted by Gasteiger charge is 2.17. The van der Waals surface area contributed by atoms with Gasteiger partial charge in [0, 0.05) is 41.6 Å². The predicted octanol–water partition coefficient (Wildman–Crippen LogP) is 3.10. The topological polar surface area (TPSA) is 73.6 Å². The molecule has 1 amide bonds. The number of aryl methyl sites for hydroxylation is 1. The van der Waals surface area contributed by atoms with Crippen molar-refractivity contribution in [3.05, 3.63) is 45.3 Å². The van der Waals surface area contributed by atoms with Gasteiger partial charge in [-0.3, -0.25) is 4.79 Å². The lowest BCUT2D eigenvalue weighted by Gasteiger charge is -2.21. The first-order chi connectivity index (χ1) is 11.1. The highest BCUT2D eigenvalue weighted by molar-refractivity contribution is 6.30. The molecule has 1 aromatic carbocycles. The van der Waals surface area contributed by atoms with Gasteiger partial charge < -0.3 is 19.3 Å². The summed E-state index contributed by atoms with van der Waals surface area (Å²) >= 11 is 11.7. The fourth-order valence-corrected chi connectivity index (χ4v) is 2.73. The van der Waals surface area contributed by atoms with Crippen LogP contribution in [0.5, 0.6) is 5.75 Å². The molecular weight excluding hydrogens is 343 g/mol. The van der Waals surface area contributed by atoms with Crippen molar-refractivity contribution in [1.29, 1.82) is 0 Å². The fraction of sp³-hybridized carbons (Fsp3) is 0.333. The molecule has 0 bridgehead atoms. The van der Waals surface area contributed by atoms with Crippen LogP contribution in [0, 0.1) is 0 Å². The number of halogens is 2. The van der Waals surface area contributed by atoms with Crippen LogP contribution in [0.25, 0.3) is 0 Å². The number of carbonyl (C=O) groups excluding carboxylic acids is 1. The monoisotopic (exact) mass is 356 g/mol. The Morgan fingerprint density at radius 2 is 2.17 bits per heavy atom. The molecule has 0 fully saturated rings. The lowest BCUT2D eigenvalue weighted by Crippen LogP contribution is -2.24. The van der Waals surface area contributed by atoms with E-state index in [-0.39, 0.29) is 24.3 Å². The highest BCUT2D eigenvalue weighted by Crippen LogP contribution is 2.31. The van der Waals surface area contributed by atoms with Gasteiger partial charge in [0.2, 0.25) is 5.91 Å². The van der Waals surface area contributed by atoms with Crippen LogP contribution < -0.4 is 10.1 Å². The number of amides is 1. The van der Waals surface area contributed by atoms with Gasteiger partial charge in [0.25, 0.3) is 0 Å². The summed E-state index contributed by atoms with van der Waals surface area (Å²) in [5.74, 6) is 1.19. The average molecular weight is 357 g/mol.